The quantitative estimate of drug-likeness (QED) is 0.111. The summed E-state index contributed by atoms with van der Waals surface area (Å²) in [6.07, 6.45) is 2.57. The monoisotopic (exact) mass is 704 g/mol. The molecule has 256 valence electrons. The Kier molecular flexibility index (Phi) is 9.38. The van der Waals surface area contributed by atoms with Crippen molar-refractivity contribution in [2.75, 3.05) is 7.11 Å². The molecule has 7 rings (SSSR count). The molecular formula is C40H31F3N4O3S. The Morgan fingerprint density at radius 3 is 2.31 bits per heavy atom. The number of rotatable bonds is 9. The first-order valence-corrected chi connectivity index (χ1v) is 17.0. The van der Waals surface area contributed by atoms with Crippen molar-refractivity contribution in [3.05, 3.63) is 166 Å². The second-order valence-electron chi connectivity index (χ2n) is 11.9. The van der Waals surface area contributed by atoms with Crippen molar-refractivity contribution in [2.45, 2.75) is 31.5 Å². The highest BCUT2D eigenvalue weighted by Crippen LogP contribution is 2.40. The van der Waals surface area contributed by atoms with Crippen molar-refractivity contribution in [3.63, 3.8) is 0 Å². The predicted molar refractivity (Wildman–Crippen MR) is 191 cm³/mol. The van der Waals surface area contributed by atoms with Crippen LogP contribution < -0.4 is 4.74 Å². The lowest BCUT2D eigenvalue weighted by molar-refractivity contribution is -0.139. The van der Waals surface area contributed by atoms with E-state index in [1.165, 1.54) is 32.2 Å². The van der Waals surface area contributed by atoms with Gasteiger partial charge in [0, 0.05) is 41.3 Å². The van der Waals surface area contributed by atoms with Crippen LogP contribution in [-0.4, -0.2) is 33.3 Å². The molecule has 1 unspecified atom stereocenters. The molecule has 3 aromatic carbocycles. The lowest BCUT2D eigenvalue weighted by Crippen LogP contribution is -2.14. The molecule has 0 fully saturated rings. The summed E-state index contributed by atoms with van der Waals surface area (Å²) in [6.45, 7) is 1.52. The van der Waals surface area contributed by atoms with E-state index in [9.17, 15) is 18.0 Å². The van der Waals surface area contributed by atoms with E-state index in [0.717, 1.165) is 51.2 Å². The van der Waals surface area contributed by atoms with Crippen molar-refractivity contribution >= 4 is 34.9 Å². The number of carbonyl (C=O) groups excluding carboxylic acids is 1. The number of thiophene rings is 1. The number of methoxy groups -OCH3 is 1. The minimum Gasteiger partial charge on any atom is -0.484 e. The van der Waals surface area contributed by atoms with Gasteiger partial charge in [0.25, 0.3) is 0 Å². The van der Waals surface area contributed by atoms with Gasteiger partial charge in [-0.05, 0) is 36.8 Å². The van der Waals surface area contributed by atoms with Gasteiger partial charge in [-0.2, -0.15) is 13.2 Å². The van der Waals surface area contributed by atoms with Crippen LogP contribution in [-0.2, 0) is 17.3 Å². The second kappa shape index (κ2) is 14.2. The summed E-state index contributed by atoms with van der Waals surface area (Å²) in [4.78, 5) is 27.2. The van der Waals surface area contributed by atoms with Gasteiger partial charge in [0.15, 0.2) is 10.7 Å². The first-order chi connectivity index (χ1) is 24.7. The molecule has 0 amide bonds. The summed E-state index contributed by atoms with van der Waals surface area (Å²) in [5, 5.41) is 0.605. The minimum absolute atomic E-state index is 0.0112. The van der Waals surface area contributed by atoms with E-state index in [4.69, 9.17) is 19.5 Å². The third-order valence-corrected chi connectivity index (χ3v) is 9.70. The maximum Gasteiger partial charge on any atom is 0.416 e. The molecular weight excluding hydrogens is 674 g/mol. The van der Waals surface area contributed by atoms with Gasteiger partial charge < -0.3 is 9.47 Å². The third kappa shape index (κ3) is 7.11. The van der Waals surface area contributed by atoms with Crippen LogP contribution in [0.3, 0.4) is 0 Å². The number of hydrogen-bond acceptors (Lipinski definition) is 7. The maximum atomic E-state index is 13.7. The van der Waals surface area contributed by atoms with E-state index in [0.29, 0.717) is 17.2 Å². The number of nitrogens with zero attached hydrogens (tertiary/aromatic N) is 4. The largest absolute Gasteiger partial charge is 0.484 e. The van der Waals surface area contributed by atoms with Gasteiger partial charge in [0.2, 0.25) is 0 Å². The summed E-state index contributed by atoms with van der Waals surface area (Å²) in [5.41, 5.74) is 4.68. The number of aromatic nitrogens is 3. The first kappa shape index (κ1) is 33.7. The molecule has 51 heavy (non-hydrogen) atoms. The van der Waals surface area contributed by atoms with Crippen LogP contribution in [0, 0.1) is 0 Å². The van der Waals surface area contributed by atoms with Crippen LogP contribution in [0.5, 0.6) is 5.75 Å². The topological polar surface area (TPSA) is 78.6 Å². The van der Waals surface area contributed by atoms with Gasteiger partial charge in [-0.1, -0.05) is 84.9 Å². The van der Waals surface area contributed by atoms with E-state index in [1.807, 2.05) is 83.4 Å². The lowest BCUT2D eigenvalue weighted by Gasteiger charge is -2.19. The third-order valence-electron chi connectivity index (χ3n) is 8.60. The standard InChI is InChI=1S/C40H31F3N4O3S/c1-25(30-15-9-10-16-31(30)40(41,42)43)50-34-23-36(51-38(34)39(48)49-2)47-24-45-32-21-28(17-18-33(32)47)29-19-20-44-35(22-29)46-37(26-11-5-3-6-12-26)27-13-7-4-8-14-27/h3-20,22-25,28H,21H2,1-2H3/t25-,28?/m1/s1. The fourth-order valence-electron chi connectivity index (χ4n) is 6.11. The van der Waals surface area contributed by atoms with Crippen LogP contribution in [0.4, 0.5) is 19.0 Å². The first-order valence-electron chi connectivity index (χ1n) is 16.1. The van der Waals surface area contributed by atoms with Gasteiger partial charge in [0.1, 0.15) is 23.2 Å². The number of pyridine rings is 1. The maximum absolute atomic E-state index is 13.7. The number of ether oxygens (including phenoxy) is 2. The second-order valence-corrected chi connectivity index (χ2v) is 12.9. The fraction of sp³-hybridized carbons (Fsp3) is 0.150. The van der Waals surface area contributed by atoms with Crippen LogP contribution >= 0.6 is 11.3 Å². The minimum atomic E-state index is -4.56. The van der Waals surface area contributed by atoms with Gasteiger partial charge >= 0.3 is 12.1 Å². The molecule has 2 atom stereocenters. The number of fused-ring (bicyclic) bond motifs is 1. The van der Waals surface area contributed by atoms with Crippen molar-refractivity contribution in [3.8, 4) is 10.8 Å². The van der Waals surface area contributed by atoms with E-state index in [-0.39, 0.29) is 22.1 Å². The zero-order valence-corrected chi connectivity index (χ0v) is 28.4. The molecule has 0 radical (unpaired) electrons. The number of carbonyl (C=O) groups is 1. The summed E-state index contributed by atoms with van der Waals surface area (Å²) in [6, 6.07) is 30.9. The molecule has 1 aliphatic carbocycles. The molecule has 6 aromatic rings. The Hall–Kier alpha value is -5.81. The smallest absolute Gasteiger partial charge is 0.416 e. The Labute approximate surface area is 296 Å². The van der Waals surface area contributed by atoms with E-state index in [1.54, 1.807) is 18.6 Å². The molecule has 0 spiro atoms. The van der Waals surface area contributed by atoms with E-state index >= 15 is 0 Å². The predicted octanol–water partition coefficient (Wildman–Crippen LogP) is 9.80. The van der Waals surface area contributed by atoms with Gasteiger partial charge in [-0.15, -0.1) is 11.3 Å². The van der Waals surface area contributed by atoms with Crippen LogP contribution in [0.25, 0.3) is 11.1 Å². The van der Waals surface area contributed by atoms with Crippen LogP contribution in [0.1, 0.15) is 67.8 Å². The number of benzene rings is 3. The van der Waals surface area contributed by atoms with Crippen molar-refractivity contribution in [2.24, 2.45) is 4.99 Å². The summed E-state index contributed by atoms with van der Waals surface area (Å²) in [5.74, 6) is 0.0771. The molecule has 0 N–H and O–H groups in total. The van der Waals surface area contributed by atoms with Crippen molar-refractivity contribution < 1.29 is 27.4 Å². The van der Waals surface area contributed by atoms with Gasteiger partial charge in [0.05, 0.1) is 29.8 Å². The molecule has 3 heterocycles. The molecule has 1 aliphatic rings. The zero-order valence-electron chi connectivity index (χ0n) is 27.5. The Morgan fingerprint density at radius 1 is 0.941 bits per heavy atom. The van der Waals surface area contributed by atoms with E-state index in [2.05, 4.69) is 11.1 Å². The van der Waals surface area contributed by atoms with Crippen molar-refractivity contribution in [1.82, 2.24) is 14.5 Å². The summed E-state index contributed by atoms with van der Waals surface area (Å²) in [7, 11) is 1.25. The number of imidazole rings is 1. The number of alkyl halides is 3. The Balaban J connectivity index is 1.16. The van der Waals surface area contributed by atoms with Gasteiger partial charge in [-0.25, -0.2) is 19.8 Å². The molecule has 3 aromatic heterocycles. The number of halogens is 3. The lowest BCUT2D eigenvalue weighted by atomic mass is 9.90. The summed E-state index contributed by atoms with van der Waals surface area (Å²) >= 11 is 1.12. The van der Waals surface area contributed by atoms with Crippen molar-refractivity contribution in [1.29, 1.82) is 0 Å². The number of esters is 1. The molecule has 7 nitrogen and oxygen atoms in total. The number of aliphatic imine (C=N–C) groups is 1. The molecule has 0 aliphatic heterocycles. The van der Waals surface area contributed by atoms with Gasteiger partial charge in [-0.3, -0.25) is 4.57 Å². The SMILES string of the molecule is COC(=O)c1sc(-n2cnc3c2C=CC(c2ccnc(N=C(c4ccccc4)c4ccccc4)c2)C3)cc1O[C@H](C)c1ccccc1C(F)(F)F. The van der Waals surface area contributed by atoms with Crippen LogP contribution in [0.2, 0.25) is 0 Å². The Bertz CT molecular complexity index is 2200. The fourth-order valence-corrected chi connectivity index (χ4v) is 7.11. The van der Waals surface area contributed by atoms with E-state index < -0.39 is 23.8 Å². The number of hydrogen-bond donors (Lipinski definition) is 0. The number of allylic oxidation sites excluding steroid dienone is 1. The Morgan fingerprint density at radius 2 is 1.63 bits per heavy atom. The summed E-state index contributed by atoms with van der Waals surface area (Å²) < 4.78 is 54.1. The molecule has 11 heteroatoms. The average molecular weight is 705 g/mol. The van der Waals surface area contributed by atoms with Crippen LogP contribution in [0.15, 0.2) is 127 Å². The highest BCUT2D eigenvalue weighted by atomic mass is 32.1. The molecule has 0 saturated heterocycles. The molecule has 0 saturated carbocycles. The average Bonchev–Trinajstić information content (AvgIpc) is 3.78. The normalized spacial score (nSPS) is 14.4. The highest BCUT2D eigenvalue weighted by molar-refractivity contribution is 7.16. The zero-order chi connectivity index (χ0) is 35.5. The molecule has 0 bridgehead atoms. The highest BCUT2D eigenvalue weighted by Gasteiger charge is 2.35.